The molecule has 1 aliphatic heterocycles. The van der Waals surface area contributed by atoms with Crippen LogP contribution in [0.3, 0.4) is 0 Å². The maximum absolute atomic E-state index is 11.9. The smallest absolute Gasteiger partial charge is 0.261 e. The lowest BCUT2D eigenvalue weighted by molar-refractivity contribution is -0.135. The van der Waals surface area contributed by atoms with Crippen molar-refractivity contribution in [1.29, 1.82) is 0 Å². The average molecular weight is 265 g/mol. The number of likely N-dealkylation sites (tertiary alicyclic amines) is 1. The van der Waals surface area contributed by atoms with Gasteiger partial charge in [0, 0.05) is 6.54 Å². The molecule has 106 valence electrons. The average Bonchev–Trinajstić information content (AvgIpc) is 2.59. The molecule has 18 heavy (non-hydrogen) atoms. The summed E-state index contributed by atoms with van der Waals surface area (Å²) < 4.78 is 28.4. The van der Waals surface area contributed by atoms with Gasteiger partial charge in [0.25, 0.3) is 6.43 Å². The van der Waals surface area contributed by atoms with Crippen LogP contribution < -0.4 is 0 Å². The molecule has 4 nitrogen and oxygen atoms in total. The zero-order valence-corrected chi connectivity index (χ0v) is 10.5. The van der Waals surface area contributed by atoms with E-state index in [1.807, 2.05) is 0 Å². The second kappa shape index (κ2) is 8.37. The largest absolute Gasteiger partial charge is 0.394 e. The molecule has 1 N–H and O–H groups in total. The lowest BCUT2D eigenvalue weighted by Crippen LogP contribution is -2.42. The molecule has 1 aliphatic rings. The SMILES string of the molecule is O=C(CCOCC(F)F)N1CCCCCC1CO. The van der Waals surface area contributed by atoms with Crippen LogP contribution in [0.1, 0.15) is 32.1 Å². The van der Waals surface area contributed by atoms with Crippen molar-refractivity contribution in [2.75, 3.05) is 26.4 Å². The van der Waals surface area contributed by atoms with E-state index < -0.39 is 13.0 Å². The minimum absolute atomic E-state index is 0.0117. The zero-order valence-electron chi connectivity index (χ0n) is 10.5. The van der Waals surface area contributed by atoms with Crippen molar-refractivity contribution in [3.05, 3.63) is 0 Å². The summed E-state index contributed by atoms with van der Waals surface area (Å²) in [5.41, 5.74) is 0. The molecule has 6 heteroatoms. The van der Waals surface area contributed by atoms with Crippen molar-refractivity contribution < 1.29 is 23.4 Å². The number of halogens is 2. The van der Waals surface area contributed by atoms with Crippen LogP contribution in [0.5, 0.6) is 0 Å². The first-order valence-corrected chi connectivity index (χ1v) is 6.41. The Labute approximate surface area is 106 Å². The first-order valence-electron chi connectivity index (χ1n) is 6.41. The number of nitrogens with zero attached hydrogens (tertiary/aromatic N) is 1. The molecule has 1 unspecified atom stereocenters. The second-order valence-electron chi connectivity index (χ2n) is 4.49. The summed E-state index contributed by atoms with van der Waals surface area (Å²) >= 11 is 0. The number of ether oxygens (including phenoxy) is 1. The second-order valence-corrected chi connectivity index (χ2v) is 4.49. The molecule has 0 radical (unpaired) electrons. The fourth-order valence-electron chi connectivity index (χ4n) is 2.17. The number of amides is 1. The zero-order chi connectivity index (χ0) is 13.4. The summed E-state index contributed by atoms with van der Waals surface area (Å²) in [6, 6.07) is -0.130. The quantitative estimate of drug-likeness (QED) is 0.739. The van der Waals surface area contributed by atoms with Gasteiger partial charge in [-0.1, -0.05) is 12.8 Å². The van der Waals surface area contributed by atoms with Gasteiger partial charge in [-0.15, -0.1) is 0 Å². The summed E-state index contributed by atoms with van der Waals surface area (Å²) in [5.74, 6) is -0.120. The summed E-state index contributed by atoms with van der Waals surface area (Å²) in [4.78, 5) is 13.6. The molecule has 1 rings (SSSR count). The van der Waals surface area contributed by atoms with E-state index in [2.05, 4.69) is 0 Å². The van der Waals surface area contributed by atoms with Crippen molar-refractivity contribution in [2.24, 2.45) is 0 Å². The molecule has 1 fully saturated rings. The van der Waals surface area contributed by atoms with Crippen LogP contribution in [-0.2, 0) is 9.53 Å². The summed E-state index contributed by atoms with van der Waals surface area (Å²) in [6.07, 6.45) is 1.41. The molecule has 0 aliphatic carbocycles. The standard InChI is InChI=1S/C12H21F2NO3/c13-11(14)9-18-7-5-12(17)15-6-3-1-2-4-10(15)8-16/h10-11,16H,1-9H2. The molecular formula is C12H21F2NO3. The summed E-state index contributed by atoms with van der Waals surface area (Å²) in [6.45, 7) is -0.0168. The number of rotatable bonds is 6. The maximum Gasteiger partial charge on any atom is 0.261 e. The lowest BCUT2D eigenvalue weighted by atomic mass is 10.1. The topological polar surface area (TPSA) is 49.8 Å². The van der Waals surface area contributed by atoms with Crippen LogP contribution in [-0.4, -0.2) is 54.7 Å². The molecule has 0 bridgehead atoms. The van der Waals surface area contributed by atoms with Crippen LogP contribution in [0, 0.1) is 0 Å². The van der Waals surface area contributed by atoms with E-state index in [1.54, 1.807) is 4.90 Å². The van der Waals surface area contributed by atoms with E-state index in [0.29, 0.717) is 6.54 Å². The number of carbonyl (C=O) groups is 1. The first-order chi connectivity index (χ1) is 8.65. The molecule has 0 aromatic heterocycles. The fourth-order valence-corrected chi connectivity index (χ4v) is 2.17. The third-order valence-corrected chi connectivity index (χ3v) is 3.11. The van der Waals surface area contributed by atoms with E-state index in [1.165, 1.54) is 0 Å². The predicted octanol–water partition coefficient (Wildman–Crippen LogP) is 1.42. The summed E-state index contributed by atoms with van der Waals surface area (Å²) in [7, 11) is 0. The van der Waals surface area contributed by atoms with Gasteiger partial charge in [0.1, 0.15) is 6.61 Å². The van der Waals surface area contributed by atoms with Crippen LogP contribution in [0.25, 0.3) is 0 Å². The third-order valence-electron chi connectivity index (χ3n) is 3.11. The van der Waals surface area contributed by atoms with Gasteiger partial charge in [-0.05, 0) is 12.8 Å². The number of aliphatic hydroxyl groups excluding tert-OH is 1. The van der Waals surface area contributed by atoms with Gasteiger partial charge in [0.05, 0.1) is 25.7 Å². The van der Waals surface area contributed by atoms with Crippen LogP contribution in [0.4, 0.5) is 8.78 Å². The monoisotopic (exact) mass is 265 g/mol. The highest BCUT2D eigenvalue weighted by Crippen LogP contribution is 2.17. The Bertz CT molecular complexity index is 251. The van der Waals surface area contributed by atoms with Crippen LogP contribution >= 0.6 is 0 Å². The van der Waals surface area contributed by atoms with Gasteiger partial charge < -0.3 is 14.7 Å². The Morgan fingerprint density at radius 1 is 1.39 bits per heavy atom. The fraction of sp³-hybridized carbons (Fsp3) is 0.917. The van der Waals surface area contributed by atoms with E-state index >= 15 is 0 Å². The molecule has 0 aromatic carbocycles. The number of aliphatic hydroxyl groups is 1. The Kier molecular flexibility index (Phi) is 7.12. The minimum Gasteiger partial charge on any atom is -0.394 e. The Morgan fingerprint density at radius 3 is 2.83 bits per heavy atom. The summed E-state index contributed by atoms with van der Waals surface area (Å²) in [5, 5.41) is 9.26. The molecule has 1 saturated heterocycles. The normalized spacial score (nSPS) is 21.1. The number of alkyl halides is 2. The Morgan fingerprint density at radius 2 is 2.17 bits per heavy atom. The van der Waals surface area contributed by atoms with Crippen molar-refractivity contribution in [2.45, 2.75) is 44.6 Å². The Balaban J connectivity index is 2.33. The van der Waals surface area contributed by atoms with Gasteiger partial charge in [0.2, 0.25) is 5.91 Å². The van der Waals surface area contributed by atoms with Gasteiger partial charge in [0.15, 0.2) is 0 Å². The molecule has 0 aromatic rings. The van der Waals surface area contributed by atoms with Crippen molar-refractivity contribution in [1.82, 2.24) is 4.90 Å². The van der Waals surface area contributed by atoms with Crippen molar-refractivity contribution in [3.8, 4) is 0 Å². The van der Waals surface area contributed by atoms with Crippen molar-refractivity contribution >= 4 is 5.91 Å². The molecule has 1 atom stereocenters. The molecule has 0 saturated carbocycles. The molecule has 0 spiro atoms. The lowest BCUT2D eigenvalue weighted by Gasteiger charge is -2.28. The van der Waals surface area contributed by atoms with Gasteiger partial charge in [-0.2, -0.15) is 0 Å². The number of hydrogen-bond donors (Lipinski definition) is 1. The van der Waals surface area contributed by atoms with Gasteiger partial charge >= 0.3 is 0 Å². The van der Waals surface area contributed by atoms with Crippen LogP contribution in [0.15, 0.2) is 0 Å². The van der Waals surface area contributed by atoms with E-state index in [0.717, 1.165) is 25.7 Å². The molecular weight excluding hydrogens is 244 g/mol. The van der Waals surface area contributed by atoms with E-state index in [9.17, 15) is 18.7 Å². The third kappa shape index (κ3) is 5.27. The highest BCUT2D eigenvalue weighted by molar-refractivity contribution is 5.76. The van der Waals surface area contributed by atoms with Gasteiger partial charge in [-0.3, -0.25) is 4.79 Å². The maximum atomic E-state index is 11.9. The minimum atomic E-state index is -2.50. The highest BCUT2D eigenvalue weighted by Gasteiger charge is 2.24. The molecule has 1 heterocycles. The first kappa shape index (κ1) is 15.3. The van der Waals surface area contributed by atoms with Gasteiger partial charge in [-0.25, -0.2) is 8.78 Å². The number of hydrogen-bond acceptors (Lipinski definition) is 3. The van der Waals surface area contributed by atoms with E-state index in [4.69, 9.17) is 4.74 Å². The van der Waals surface area contributed by atoms with Crippen molar-refractivity contribution in [3.63, 3.8) is 0 Å². The number of carbonyl (C=O) groups excluding carboxylic acids is 1. The highest BCUT2D eigenvalue weighted by atomic mass is 19.3. The van der Waals surface area contributed by atoms with Crippen LogP contribution in [0.2, 0.25) is 0 Å². The Hall–Kier alpha value is -0.750. The van der Waals surface area contributed by atoms with E-state index in [-0.39, 0.29) is 31.6 Å². The predicted molar refractivity (Wildman–Crippen MR) is 62.5 cm³/mol. The molecule has 1 amide bonds.